The summed E-state index contributed by atoms with van der Waals surface area (Å²) < 4.78 is 43.0. The number of hydrogen-bond acceptors (Lipinski definition) is 3. The van der Waals surface area contributed by atoms with E-state index in [1.165, 1.54) is 6.07 Å². The lowest BCUT2D eigenvalue weighted by molar-refractivity contribution is -0.150. The van der Waals surface area contributed by atoms with Gasteiger partial charge in [-0.05, 0) is 36.1 Å². The first-order chi connectivity index (χ1) is 10.2. The largest absolute Gasteiger partial charge is 0.478 e. The van der Waals surface area contributed by atoms with Crippen molar-refractivity contribution in [1.82, 2.24) is 0 Å². The van der Waals surface area contributed by atoms with Gasteiger partial charge < -0.3 is 9.84 Å². The molecule has 22 heavy (non-hydrogen) atoms. The van der Waals surface area contributed by atoms with Crippen molar-refractivity contribution < 1.29 is 32.6 Å². The maximum absolute atomic E-state index is 12.6. The lowest BCUT2D eigenvalue weighted by Crippen LogP contribution is -2.13. The number of carboxylic acids is 1. The molecular weight excluding hydrogens is 301 g/mol. The SMILES string of the molecule is C=C(CC(=O)OC1CCc2cc(C(F)(F)F)ccc21)C(=O)O. The van der Waals surface area contributed by atoms with Gasteiger partial charge in [0, 0.05) is 5.57 Å². The monoisotopic (exact) mass is 314 g/mol. The highest BCUT2D eigenvalue weighted by atomic mass is 19.4. The molecule has 0 aliphatic heterocycles. The Balaban J connectivity index is 2.08. The van der Waals surface area contributed by atoms with Crippen molar-refractivity contribution in [3.8, 4) is 0 Å². The summed E-state index contributed by atoms with van der Waals surface area (Å²) in [5, 5.41) is 8.64. The maximum atomic E-state index is 12.6. The van der Waals surface area contributed by atoms with Gasteiger partial charge in [-0.25, -0.2) is 4.79 Å². The Hall–Kier alpha value is -2.31. The first-order valence-electron chi connectivity index (χ1n) is 6.49. The zero-order chi connectivity index (χ0) is 16.5. The van der Waals surface area contributed by atoms with Gasteiger partial charge >= 0.3 is 18.1 Å². The van der Waals surface area contributed by atoms with Crippen LogP contribution in [0.2, 0.25) is 0 Å². The molecule has 0 radical (unpaired) electrons. The molecule has 0 heterocycles. The van der Waals surface area contributed by atoms with Gasteiger partial charge in [0.1, 0.15) is 6.10 Å². The number of benzene rings is 1. The van der Waals surface area contributed by atoms with Gasteiger partial charge in [0.25, 0.3) is 0 Å². The van der Waals surface area contributed by atoms with E-state index in [2.05, 4.69) is 6.58 Å². The van der Waals surface area contributed by atoms with Crippen LogP contribution in [0.5, 0.6) is 0 Å². The van der Waals surface area contributed by atoms with E-state index >= 15 is 0 Å². The number of hydrogen-bond donors (Lipinski definition) is 1. The van der Waals surface area contributed by atoms with Crippen molar-refractivity contribution >= 4 is 11.9 Å². The summed E-state index contributed by atoms with van der Waals surface area (Å²) in [5.74, 6) is -2.05. The van der Waals surface area contributed by atoms with Crippen molar-refractivity contribution in [3.63, 3.8) is 0 Å². The molecule has 1 aliphatic rings. The molecule has 7 heteroatoms. The molecule has 1 unspecified atom stereocenters. The van der Waals surface area contributed by atoms with Crippen LogP contribution in [0, 0.1) is 0 Å². The zero-order valence-electron chi connectivity index (χ0n) is 11.4. The zero-order valence-corrected chi connectivity index (χ0v) is 11.4. The first-order valence-corrected chi connectivity index (χ1v) is 6.49. The van der Waals surface area contributed by atoms with Crippen molar-refractivity contribution in [2.45, 2.75) is 31.5 Å². The predicted octanol–water partition coefficient (Wildman–Crippen LogP) is 3.27. The Morgan fingerprint density at radius 2 is 2.05 bits per heavy atom. The van der Waals surface area contributed by atoms with E-state index in [4.69, 9.17) is 9.84 Å². The lowest BCUT2D eigenvalue weighted by atomic mass is 10.1. The number of carbonyl (C=O) groups is 2. The van der Waals surface area contributed by atoms with Crippen LogP contribution in [-0.2, 0) is 26.9 Å². The molecule has 4 nitrogen and oxygen atoms in total. The number of carbonyl (C=O) groups excluding carboxylic acids is 1. The Morgan fingerprint density at radius 3 is 2.64 bits per heavy atom. The number of rotatable bonds is 4. The average molecular weight is 314 g/mol. The summed E-state index contributed by atoms with van der Waals surface area (Å²) in [6.45, 7) is 3.23. The third-order valence-corrected chi connectivity index (χ3v) is 3.43. The smallest absolute Gasteiger partial charge is 0.416 e. The molecule has 0 bridgehead atoms. The van der Waals surface area contributed by atoms with Crippen LogP contribution in [0.1, 0.15) is 35.6 Å². The number of esters is 1. The fraction of sp³-hybridized carbons (Fsp3) is 0.333. The first kappa shape index (κ1) is 16.1. The molecule has 1 aliphatic carbocycles. The predicted molar refractivity (Wildman–Crippen MR) is 70.0 cm³/mol. The second-order valence-corrected chi connectivity index (χ2v) is 5.01. The number of aryl methyl sites for hydroxylation is 1. The third-order valence-electron chi connectivity index (χ3n) is 3.43. The molecule has 0 spiro atoms. The summed E-state index contributed by atoms with van der Waals surface area (Å²) in [6, 6.07) is 3.30. The molecular formula is C15H13F3O4. The minimum absolute atomic E-state index is 0.296. The summed E-state index contributed by atoms with van der Waals surface area (Å²) >= 11 is 0. The summed E-state index contributed by atoms with van der Waals surface area (Å²) in [4.78, 5) is 22.2. The highest BCUT2D eigenvalue weighted by Crippen LogP contribution is 2.38. The number of fused-ring (bicyclic) bond motifs is 1. The fourth-order valence-electron chi connectivity index (χ4n) is 2.33. The highest BCUT2D eigenvalue weighted by Gasteiger charge is 2.33. The average Bonchev–Trinajstić information content (AvgIpc) is 2.80. The summed E-state index contributed by atoms with van der Waals surface area (Å²) in [5.41, 5.74) is -0.0138. The molecule has 0 saturated heterocycles. The van der Waals surface area contributed by atoms with Gasteiger partial charge in [-0.2, -0.15) is 13.2 Å². The van der Waals surface area contributed by atoms with Crippen molar-refractivity contribution in [2.75, 3.05) is 0 Å². The van der Waals surface area contributed by atoms with Crippen molar-refractivity contribution in [2.24, 2.45) is 0 Å². The van der Waals surface area contributed by atoms with Crippen molar-refractivity contribution in [1.29, 1.82) is 0 Å². The van der Waals surface area contributed by atoms with Crippen LogP contribution in [0.25, 0.3) is 0 Å². The Labute approximate surface area is 124 Å². The molecule has 0 amide bonds. The van der Waals surface area contributed by atoms with Gasteiger partial charge in [-0.3, -0.25) is 4.79 Å². The van der Waals surface area contributed by atoms with E-state index in [9.17, 15) is 22.8 Å². The molecule has 0 saturated carbocycles. The normalized spacial score (nSPS) is 17.0. The number of ether oxygens (including phenoxy) is 1. The van der Waals surface area contributed by atoms with Gasteiger partial charge in [-0.15, -0.1) is 0 Å². The van der Waals surface area contributed by atoms with E-state index in [0.717, 1.165) is 12.1 Å². The van der Waals surface area contributed by atoms with E-state index < -0.39 is 36.2 Å². The van der Waals surface area contributed by atoms with Crippen LogP contribution < -0.4 is 0 Å². The quantitative estimate of drug-likeness (QED) is 0.684. The van der Waals surface area contributed by atoms with Gasteiger partial charge in [-0.1, -0.05) is 12.6 Å². The van der Waals surface area contributed by atoms with Crippen LogP contribution >= 0.6 is 0 Å². The van der Waals surface area contributed by atoms with Crippen LogP contribution in [0.3, 0.4) is 0 Å². The van der Waals surface area contributed by atoms with Crippen molar-refractivity contribution in [3.05, 3.63) is 47.0 Å². The van der Waals surface area contributed by atoms with E-state index in [-0.39, 0.29) is 5.57 Å². The maximum Gasteiger partial charge on any atom is 0.416 e. The van der Waals surface area contributed by atoms with Crippen LogP contribution in [0.4, 0.5) is 13.2 Å². The van der Waals surface area contributed by atoms with Gasteiger partial charge in [0.15, 0.2) is 0 Å². The number of carboxylic acid groups (broad SMARTS) is 1. The Morgan fingerprint density at radius 1 is 1.36 bits per heavy atom. The van der Waals surface area contributed by atoms with E-state index in [1.54, 1.807) is 0 Å². The lowest BCUT2D eigenvalue weighted by Gasteiger charge is -2.14. The van der Waals surface area contributed by atoms with Gasteiger partial charge in [0.2, 0.25) is 0 Å². The molecule has 1 aromatic carbocycles. The molecule has 0 aromatic heterocycles. The minimum Gasteiger partial charge on any atom is -0.478 e. The molecule has 1 atom stereocenters. The minimum atomic E-state index is -4.41. The molecule has 0 fully saturated rings. The molecule has 1 aromatic rings. The topological polar surface area (TPSA) is 63.6 Å². The van der Waals surface area contributed by atoms with Crippen LogP contribution in [-0.4, -0.2) is 17.0 Å². The summed E-state index contributed by atoms with van der Waals surface area (Å²) in [6.07, 6.45) is -4.77. The second-order valence-electron chi connectivity index (χ2n) is 5.01. The second kappa shape index (κ2) is 5.82. The highest BCUT2D eigenvalue weighted by molar-refractivity contribution is 5.91. The van der Waals surface area contributed by atoms with Crippen LogP contribution in [0.15, 0.2) is 30.4 Å². The standard InChI is InChI=1S/C15H13F3O4/c1-8(14(20)21)6-13(19)22-12-5-2-9-7-10(15(16,17)18)3-4-11(9)12/h3-4,7,12H,1-2,5-6H2,(H,20,21). The summed E-state index contributed by atoms with van der Waals surface area (Å²) in [7, 11) is 0. The fourth-order valence-corrected chi connectivity index (χ4v) is 2.33. The molecule has 2 rings (SSSR count). The number of aliphatic carboxylic acids is 1. The Bertz CT molecular complexity index is 634. The molecule has 1 N–H and O–H groups in total. The third kappa shape index (κ3) is 3.47. The van der Waals surface area contributed by atoms with E-state index in [0.29, 0.717) is 24.0 Å². The van der Waals surface area contributed by atoms with E-state index in [1.807, 2.05) is 0 Å². The number of halogens is 3. The van der Waals surface area contributed by atoms with Gasteiger partial charge in [0.05, 0.1) is 12.0 Å². The number of alkyl halides is 3. The Kier molecular flexibility index (Phi) is 4.25. The molecule has 118 valence electrons.